The number of nitrogens with zero attached hydrogens (tertiary/aromatic N) is 3. The second kappa shape index (κ2) is 12.4. The van der Waals surface area contributed by atoms with Crippen LogP contribution in [-0.4, -0.2) is 51.9 Å². The lowest BCUT2D eigenvalue weighted by atomic mass is 9.96. The summed E-state index contributed by atoms with van der Waals surface area (Å²) in [5.74, 6) is -1.60. The summed E-state index contributed by atoms with van der Waals surface area (Å²) in [6.45, 7) is 9.49. The predicted octanol–water partition coefficient (Wildman–Crippen LogP) is 4.10. The van der Waals surface area contributed by atoms with E-state index in [1.165, 1.54) is 13.8 Å². The molecule has 1 aliphatic heterocycles. The molecule has 0 amide bonds. The van der Waals surface area contributed by atoms with Gasteiger partial charge in [-0.15, -0.1) is 0 Å². The maximum absolute atomic E-state index is 11.8. The van der Waals surface area contributed by atoms with Gasteiger partial charge in [0.2, 0.25) is 6.29 Å². The number of azide groups is 1. The molecule has 9 nitrogen and oxygen atoms in total. The molecule has 0 aliphatic carbocycles. The van der Waals surface area contributed by atoms with Crippen molar-refractivity contribution in [2.45, 2.75) is 64.6 Å². The molecule has 0 spiro atoms. The zero-order chi connectivity index (χ0) is 27.1. The quantitative estimate of drug-likeness (QED) is 0.151. The van der Waals surface area contributed by atoms with Crippen LogP contribution in [0.3, 0.4) is 0 Å². The summed E-state index contributed by atoms with van der Waals surface area (Å²) in [5.41, 5.74) is 8.92. The SMILES string of the molecule is CC(=O)O[C@H]1O[C@H](CCO[Si](c2ccccc2)(c2ccccc2)C(C)(C)C)[C@@H](CN=[N+]=[N-])[C@H]1OC(C)=O. The van der Waals surface area contributed by atoms with Crippen LogP contribution in [0.15, 0.2) is 65.8 Å². The minimum atomic E-state index is -2.76. The van der Waals surface area contributed by atoms with Gasteiger partial charge in [0.25, 0.3) is 8.32 Å². The van der Waals surface area contributed by atoms with Crippen LogP contribution < -0.4 is 10.4 Å². The Bertz CT molecular complexity index is 1060. The Hall–Kier alpha value is -3.17. The molecule has 1 fully saturated rings. The first-order chi connectivity index (χ1) is 17.6. The number of ether oxygens (including phenoxy) is 3. The standard InChI is InChI=1S/C27H35N3O6Si/c1-19(31)34-25-23(18-29-30-28)24(36-26(25)35-20(2)32)16-17-33-37(27(3,4)5,21-12-8-6-9-13-21)22-14-10-7-11-15-22/h6-15,23-26H,16-18H2,1-5H3/t23-,24-,25-,26+/m1/s1. The molecule has 0 unspecified atom stereocenters. The van der Waals surface area contributed by atoms with Crippen molar-refractivity contribution in [1.29, 1.82) is 0 Å². The topological polar surface area (TPSA) is 120 Å². The molecule has 1 heterocycles. The van der Waals surface area contributed by atoms with Gasteiger partial charge in [0, 0.05) is 37.8 Å². The van der Waals surface area contributed by atoms with E-state index in [2.05, 4.69) is 55.1 Å². The maximum atomic E-state index is 11.8. The molecule has 0 aromatic heterocycles. The normalized spacial score (nSPS) is 21.6. The van der Waals surface area contributed by atoms with Crippen molar-refractivity contribution in [2.24, 2.45) is 11.0 Å². The number of carbonyl (C=O) groups excluding carboxylic acids is 2. The third-order valence-corrected chi connectivity index (χ3v) is 11.6. The van der Waals surface area contributed by atoms with Crippen LogP contribution in [0.4, 0.5) is 0 Å². The first-order valence-electron chi connectivity index (χ1n) is 12.4. The summed E-state index contributed by atoms with van der Waals surface area (Å²) in [7, 11) is -2.76. The van der Waals surface area contributed by atoms with Crippen molar-refractivity contribution < 1.29 is 28.2 Å². The number of benzene rings is 2. The monoisotopic (exact) mass is 525 g/mol. The van der Waals surface area contributed by atoms with Crippen LogP contribution >= 0.6 is 0 Å². The second-order valence-corrected chi connectivity index (χ2v) is 14.4. The lowest BCUT2D eigenvalue weighted by molar-refractivity contribution is -0.194. The Morgan fingerprint density at radius 1 is 0.973 bits per heavy atom. The predicted molar refractivity (Wildman–Crippen MR) is 142 cm³/mol. The van der Waals surface area contributed by atoms with Crippen LogP contribution in [0.2, 0.25) is 5.04 Å². The molecule has 37 heavy (non-hydrogen) atoms. The maximum Gasteiger partial charge on any atom is 0.305 e. The minimum absolute atomic E-state index is 0.0239. The van der Waals surface area contributed by atoms with Gasteiger partial charge in [-0.3, -0.25) is 9.59 Å². The van der Waals surface area contributed by atoms with Gasteiger partial charge in [0.15, 0.2) is 6.10 Å². The van der Waals surface area contributed by atoms with Gasteiger partial charge in [-0.1, -0.05) is 86.5 Å². The lowest BCUT2D eigenvalue weighted by Crippen LogP contribution is -2.66. The molecule has 198 valence electrons. The molecular formula is C27H35N3O6Si. The van der Waals surface area contributed by atoms with Gasteiger partial charge in [-0.2, -0.15) is 0 Å². The first kappa shape index (κ1) is 28.4. The molecule has 2 aromatic carbocycles. The van der Waals surface area contributed by atoms with E-state index in [1.807, 2.05) is 36.4 Å². The second-order valence-electron chi connectivity index (χ2n) is 10.1. The van der Waals surface area contributed by atoms with E-state index in [1.54, 1.807) is 0 Å². The van der Waals surface area contributed by atoms with Crippen molar-refractivity contribution in [3.63, 3.8) is 0 Å². The highest BCUT2D eigenvalue weighted by Crippen LogP contribution is 2.38. The molecule has 2 aromatic rings. The van der Waals surface area contributed by atoms with E-state index in [0.717, 1.165) is 10.4 Å². The van der Waals surface area contributed by atoms with Gasteiger partial charge < -0.3 is 18.6 Å². The average Bonchev–Trinajstić information content (AvgIpc) is 3.15. The van der Waals surface area contributed by atoms with E-state index in [9.17, 15) is 9.59 Å². The van der Waals surface area contributed by atoms with Crippen molar-refractivity contribution >= 4 is 30.6 Å². The third kappa shape index (κ3) is 6.59. The fourth-order valence-corrected chi connectivity index (χ4v) is 9.66. The van der Waals surface area contributed by atoms with Crippen molar-refractivity contribution in [3.8, 4) is 0 Å². The fourth-order valence-electron chi connectivity index (χ4n) is 5.08. The third-order valence-electron chi connectivity index (χ3n) is 6.55. The average molecular weight is 526 g/mol. The highest BCUT2D eigenvalue weighted by atomic mass is 28.4. The largest absolute Gasteiger partial charge is 0.455 e. The van der Waals surface area contributed by atoms with Crippen LogP contribution in [0.1, 0.15) is 41.0 Å². The van der Waals surface area contributed by atoms with Crippen molar-refractivity contribution in [1.82, 2.24) is 0 Å². The highest BCUT2D eigenvalue weighted by molar-refractivity contribution is 6.99. The van der Waals surface area contributed by atoms with Crippen molar-refractivity contribution in [3.05, 3.63) is 71.1 Å². The summed E-state index contributed by atoms with van der Waals surface area (Å²) >= 11 is 0. The molecule has 4 atom stereocenters. The Morgan fingerprint density at radius 3 is 1.97 bits per heavy atom. The Kier molecular flexibility index (Phi) is 9.50. The molecule has 0 radical (unpaired) electrons. The zero-order valence-electron chi connectivity index (χ0n) is 22.0. The van der Waals surface area contributed by atoms with Crippen molar-refractivity contribution in [2.75, 3.05) is 13.2 Å². The zero-order valence-corrected chi connectivity index (χ0v) is 23.0. The van der Waals surface area contributed by atoms with Gasteiger partial charge in [0.1, 0.15) is 0 Å². The number of esters is 2. The lowest BCUT2D eigenvalue weighted by Gasteiger charge is -2.43. The van der Waals surface area contributed by atoms with E-state index in [4.69, 9.17) is 24.2 Å². The molecule has 0 bridgehead atoms. The summed E-state index contributed by atoms with van der Waals surface area (Å²) in [4.78, 5) is 26.3. The molecule has 3 rings (SSSR count). The molecular weight excluding hydrogens is 490 g/mol. The van der Waals surface area contributed by atoms with E-state index in [0.29, 0.717) is 13.0 Å². The van der Waals surface area contributed by atoms with Crippen LogP contribution in [0.5, 0.6) is 0 Å². The number of hydrogen-bond acceptors (Lipinski definition) is 7. The van der Waals surface area contributed by atoms with E-state index < -0.39 is 44.7 Å². The molecule has 0 saturated carbocycles. The molecule has 0 N–H and O–H groups in total. The van der Waals surface area contributed by atoms with Crippen LogP contribution in [0, 0.1) is 5.92 Å². The Morgan fingerprint density at radius 2 is 1.51 bits per heavy atom. The number of carbonyl (C=O) groups is 2. The summed E-state index contributed by atoms with van der Waals surface area (Å²) in [6.07, 6.45) is -2.06. The molecule has 1 aliphatic rings. The highest BCUT2D eigenvalue weighted by Gasteiger charge is 2.51. The summed E-state index contributed by atoms with van der Waals surface area (Å²) in [6, 6.07) is 20.6. The van der Waals surface area contributed by atoms with Gasteiger partial charge in [0.05, 0.1) is 6.10 Å². The van der Waals surface area contributed by atoms with Crippen LogP contribution in [-0.2, 0) is 28.2 Å². The van der Waals surface area contributed by atoms with E-state index in [-0.39, 0.29) is 11.6 Å². The number of hydrogen-bond donors (Lipinski definition) is 0. The number of rotatable bonds is 10. The molecule has 1 saturated heterocycles. The van der Waals surface area contributed by atoms with Gasteiger partial charge in [-0.05, 0) is 27.4 Å². The van der Waals surface area contributed by atoms with Gasteiger partial charge in [-0.25, -0.2) is 0 Å². The fraction of sp³-hybridized carbons (Fsp3) is 0.481. The summed E-state index contributed by atoms with van der Waals surface area (Å²) in [5, 5.41) is 5.82. The van der Waals surface area contributed by atoms with E-state index >= 15 is 0 Å². The Balaban J connectivity index is 1.92. The minimum Gasteiger partial charge on any atom is -0.455 e. The smallest absolute Gasteiger partial charge is 0.305 e. The first-order valence-corrected chi connectivity index (χ1v) is 14.3. The summed E-state index contributed by atoms with van der Waals surface area (Å²) < 4.78 is 23.7. The van der Waals surface area contributed by atoms with Gasteiger partial charge >= 0.3 is 11.9 Å². The molecule has 10 heteroatoms. The van der Waals surface area contributed by atoms with Crippen LogP contribution in [0.25, 0.3) is 10.4 Å². The Labute approximate surface area is 218 Å².